The molecule has 0 amide bonds. The second-order valence-electron chi connectivity index (χ2n) is 7.60. The molecule has 0 spiro atoms. The summed E-state index contributed by atoms with van der Waals surface area (Å²) < 4.78 is 10.7. The summed E-state index contributed by atoms with van der Waals surface area (Å²) in [5, 5.41) is 11.8. The fraction of sp³-hybridized carbons (Fsp3) is 0.765. The van der Waals surface area contributed by atoms with Crippen LogP contribution in [0.3, 0.4) is 0 Å². The van der Waals surface area contributed by atoms with Crippen molar-refractivity contribution in [2.75, 3.05) is 13.1 Å². The molecule has 0 bridgehead atoms. The Morgan fingerprint density at radius 1 is 1.00 bits per heavy atom. The van der Waals surface area contributed by atoms with Crippen molar-refractivity contribution in [1.29, 1.82) is 0 Å². The fourth-order valence-electron chi connectivity index (χ4n) is 3.47. The molecule has 134 valence electrons. The molecule has 1 saturated heterocycles. The van der Waals surface area contributed by atoms with Crippen molar-refractivity contribution < 1.29 is 9.05 Å². The second kappa shape index (κ2) is 6.49. The maximum absolute atomic E-state index is 5.36. The van der Waals surface area contributed by atoms with Crippen molar-refractivity contribution in [2.45, 2.75) is 69.5 Å². The third-order valence-corrected chi connectivity index (χ3v) is 5.25. The topological polar surface area (TPSA) is 93.1 Å². The lowest BCUT2D eigenvalue weighted by Crippen LogP contribution is -2.45. The number of likely N-dealkylation sites (tertiary alicyclic amines) is 1. The maximum Gasteiger partial charge on any atom is 0.240 e. The van der Waals surface area contributed by atoms with Gasteiger partial charge in [0, 0.05) is 24.4 Å². The van der Waals surface area contributed by atoms with Gasteiger partial charge in [-0.3, -0.25) is 4.90 Å². The molecule has 8 heteroatoms. The highest BCUT2D eigenvalue weighted by Crippen LogP contribution is 2.39. The van der Waals surface area contributed by atoms with E-state index in [9.17, 15) is 0 Å². The molecule has 5 rings (SSSR count). The van der Waals surface area contributed by atoms with Crippen molar-refractivity contribution in [3.63, 3.8) is 0 Å². The minimum absolute atomic E-state index is 0.430. The Labute approximate surface area is 146 Å². The summed E-state index contributed by atoms with van der Waals surface area (Å²) in [6, 6.07) is 0.430. The molecular formula is C17H24N6O2. The van der Waals surface area contributed by atoms with Crippen molar-refractivity contribution in [1.82, 2.24) is 30.5 Å². The quantitative estimate of drug-likeness (QED) is 0.815. The van der Waals surface area contributed by atoms with Gasteiger partial charge in [0.1, 0.15) is 0 Å². The number of nitrogens with one attached hydrogen (secondary N) is 1. The summed E-state index contributed by atoms with van der Waals surface area (Å²) in [7, 11) is 0. The van der Waals surface area contributed by atoms with Crippen LogP contribution in [0.4, 0.5) is 0 Å². The predicted octanol–water partition coefficient (Wildman–Crippen LogP) is 1.96. The van der Waals surface area contributed by atoms with Crippen molar-refractivity contribution >= 4 is 0 Å². The summed E-state index contributed by atoms with van der Waals surface area (Å²) in [6.45, 7) is 3.47. The first-order valence-corrected chi connectivity index (χ1v) is 9.44. The van der Waals surface area contributed by atoms with E-state index in [1.165, 1.54) is 38.5 Å². The van der Waals surface area contributed by atoms with Crippen molar-refractivity contribution in [3.05, 3.63) is 23.4 Å². The van der Waals surface area contributed by atoms with E-state index in [2.05, 4.69) is 30.5 Å². The molecule has 1 aliphatic heterocycles. The Balaban J connectivity index is 1.12. The second-order valence-corrected chi connectivity index (χ2v) is 7.60. The third kappa shape index (κ3) is 3.74. The minimum atomic E-state index is 0.430. The van der Waals surface area contributed by atoms with Gasteiger partial charge in [0.2, 0.25) is 11.8 Å². The van der Waals surface area contributed by atoms with Gasteiger partial charge in [0.05, 0.1) is 13.1 Å². The van der Waals surface area contributed by atoms with Crippen LogP contribution in [0.15, 0.2) is 9.05 Å². The lowest BCUT2D eigenvalue weighted by atomic mass is 10.1. The number of hydrogen-bond acceptors (Lipinski definition) is 8. The SMILES string of the molecule is C1C[C@@H](NCc2nc(C3CC3)no2)CN(Cc2noc(C3CC3)n2)C1. The maximum atomic E-state index is 5.36. The van der Waals surface area contributed by atoms with Crippen LogP contribution in [0.2, 0.25) is 0 Å². The highest BCUT2D eigenvalue weighted by molar-refractivity contribution is 5.03. The molecule has 1 N–H and O–H groups in total. The van der Waals surface area contributed by atoms with E-state index in [0.717, 1.165) is 37.2 Å². The van der Waals surface area contributed by atoms with Crippen LogP contribution in [-0.4, -0.2) is 44.3 Å². The molecule has 1 atom stereocenters. The zero-order chi connectivity index (χ0) is 16.6. The van der Waals surface area contributed by atoms with Crippen molar-refractivity contribution in [3.8, 4) is 0 Å². The molecule has 2 saturated carbocycles. The summed E-state index contributed by atoms with van der Waals surface area (Å²) in [4.78, 5) is 11.4. The number of piperidine rings is 1. The first kappa shape index (κ1) is 15.5. The van der Waals surface area contributed by atoms with Gasteiger partial charge in [-0.2, -0.15) is 9.97 Å². The van der Waals surface area contributed by atoms with Crippen LogP contribution in [0.1, 0.15) is 73.8 Å². The first-order valence-electron chi connectivity index (χ1n) is 9.44. The van der Waals surface area contributed by atoms with Crippen LogP contribution >= 0.6 is 0 Å². The van der Waals surface area contributed by atoms with Gasteiger partial charge >= 0.3 is 0 Å². The normalized spacial score (nSPS) is 24.7. The largest absolute Gasteiger partial charge is 0.339 e. The Morgan fingerprint density at radius 3 is 2.72 bits per heavy atom. The molecule has 3 fully saturated rings. The molecule has 3 aliphatic rings. The van der Waals surface area contributed by atoms with Gasteiger partial charge in [-0.05, 0) is 45.1 Å². The zero-order valence-corrected chi connectivity index (χ0v) is 14.4. The zero-order valence-electron chi connectivity index (χ0n) is 14.4. The summed E-state index contributed by atoms with van der Waals surface area (Å²) >= 11 is 0. The van der Waals surface area contributed by atoms with Crippen LogP contribution in [0.5, 0.6) is 0 Å². The lowest BCUT2D eigenvalue weighted by molar-refractivity contribution is 0.174. The van der Waals surface area contributed by atoms with Gasteiger partial charge in [-0.1, -0.05) is 10.3 Å². The Hall–Kier alpha value is -1.80. The summed E-state index contributed by atoms with van der Waals surface area (Å²) in [5.74, 6) is 4.28. The van der Waals surface area contributed by atoms with E-state index in [-0.39, 0.29) is 0 Å². The Bertz CT molecular complexity index is 720. The van der Waals surface area contributed by atoms with Crippen LogP contribution in [-0.2, 0) is 13.1 Å². The number of rotatable bonds is 7. The van der Waals surface area contributed by atoms with E-state index >= 15 is 0 Å². The predicted molar refractivity (Wildman–Crippen MR) is 87.7 cm³/mol. The molecule has 3 heterocycles. The highest BCUT2D eigenvalue weighted by atomic mass is 16.5. The smallest absolute Gasteiger partial charge is 0.240 e. The lowest BCUT2D eigenvalue weighted by Gasteiger charge is -2.32. The highest BCUT2D eigenvalue weighted by Gasteiger charge is 2.31. The van der Waals surface area contributed by atoms with E-state index in [0.29, 0.717) is 30.3 Å². The Morgan fingerprint density at radius 2 is 1.88 bits per heavy atom. The van der Waals surface area contributed by atoms with Crippen molar-refractivity contribution in [2.24, 2.45) is 0 Å². The average molecular weight is 344 g/mol. The number of hydrogen-bond donors (Lipinski definition) is 1. The molecule has 2 aromatic heterocycles. The molecule has 2 aromatic rings. The van der Waals surface area contributed by atoms with E-state index in [4.69, 9.17) is 9.05 Å². The van der Waals surface area contributed by atoms with Gasteiger partial charge in [-0.25, -0.2) is 0 Å². The molecule has 25 heavy (non-hydrogen) atoms. The third-order valence-electron chi connectivity index (χ3n) is 5.25. The minimum Gasteiger partial charge on any atom is -0.339 e. The molecule has 0 radical (unpaired) electrons. The summed E-state index contributed by atoms with van der Waals surface area (Å²) in [5.41, 5.74) is 0. The number of nitrogens with zero attached hydrogens (tertiary/aromatic N) is 5. The van der Waals surface area contributed by atoms with Crippen LogP contribution in [0.25, 0.3) is 0 Å². The van der Waals surface area contributed by atoms with E-state index < -0.39 is 0 Å². The first-order chi connectivity index (χ1) is 12.3. The summed E-state index contributed by atoms with van der Waals surface area (Å²) in [6.07, 6.45) is 7.11. The monoisotopic (exact) mass is 344 g/mol. The number of aromatic nitrogens is 4. The van der Waals surface area contributed by atoms with Gasteiger partial charge in [-0.15, -0.1) is 0 Å². The van der Waals surface area contributed by atoms with Gasteiger partial charge < -0.3 is 14.4 Å². The van der Waals surface area contributed by atoms with Crippen LogP contribution in [0, 0.1) is 0 Å². The van der Waals surface area contributed by atoms with E-state index in [1.807, 2.05) is 0 Å². The fourth-order valence-corrected chi connectivity index (χ4v) is 3.47. The molecule has 0 aromatic carbocycles. The van der Waals surface area contributed by atoms with Gasteiger partial charge in [0.25, 0.3) is 0 Å². The standard InChI is InChI=1S/C17H24N6O2/c1-2-13(18-8-15-20-16(22-24-15)11-3-4-11)9-23(7-1)10-14-19-17(25-21-14)12-5-6-12/h11-13,18H,1-10H2/t13-/m1/s1. The van der Waals surface area contributed by atoms with E-state index in [1.54, 1.807) is 0 Å². The van der Waals surface area contributed by atoms with Crippen LogP contribution < -0.4 is 5.32 Å². The molecular weight excluding hydrogens is 320 g/mol. The molecule has 0 unspecified atom stereocenters. The molecule has 8 nitrogen and oxygen atoms in total. The Kier molecular flexibility index (Phi) is 4.01. The van der Waals surface area contributed by atoms with Gasteiger partial charge in [0.15, 0.2) is 11.6 Å². The molecule has 2 aliphatic carbocycles. The average Bonchev–Trinajstić information content (AvgIpc) is 3.56.